The molecule has 0 fully saturated rings. The molecule has 5 nitrogen and oxygen atoms in total. The Kier molecular flexibility index (Phi) is 10.2. The summed E-state index contributed by atoms with van der Waals surface area (Å²) in [4.78, 5) is 11.5. The van der Waals surface area contributed by atoms with Crippen LogP contribution in [0.1, 0.15) is 6.42 Å². The van der Waals surface area contributed by atoms with Gasteiger partial charge in [-0.1, -0.05) is 17.7 Å². The summed E-state index contributed by atoms with van der Waals surface area (Å²) in [7, 11) is 1.53. The third-order valence-corrected chi connectivity index (χ3v) is 2.73. The summed E-state index contributed by atoms with van der Waals surface area (Å²) in [6, 6.07) is 7.11. The van der Waals surface area contributed by atoms with Gasteiger partial charge in [0.2, 0.25) is 5.91 Å². The van der Waals surface area contributed by atoms with Gasteiger partial charge in [0.25, 0.3) is 0 Å². The maximum absolute atomic E-state index is 11.5. The van der Waals surface area contributed by atoms with Gasteiger partial charge >= 0.3 is 0 Å². The van der Waals surface area contributed by atoms with Crippen LogP contribution in [-0.4, -0.2) is 38.8 Å². The highest BCUT2D eigenvalue weighted by Gasteiger charge is 2.10. The third-order valence-electron chi connectivity index (χ3n) is 2.50. The van der Waals surface area contributed by atoms with Crippen molar-refractivity contribution in [3.8, 4) is 5.75 Å². The van der Waals surface area contributed by atoms with Crippen molar-refractivity contribution in [3.63, 3.8) is 0 Å². The molecule has 1 aromatic rings. The first-order chi connectivity index (χ1) is 9.15. The van der Waals surface area contributed by atoms with Crippen molar-refractivity contribution in [1.29, 1.82) is 0 Å². The summed E-state index contributed by atoms with van der Waals surface area (Å²) in [5.41, 5.74) is 5.43. The van der Waals surface area contributed by atoms with Gasteiger partial charge in [0.05, 0.1) is 19.1 Å². The van der Waals surface area contributed by atoms with Crippen LogP contribution in [0.2, 0.25) is 5.02 Å². The second-order valence-electron chi connectivity index (χ2n) is 3.95. The Hall–Kier alpha value is -1.01. The largest absolute Gasteiger partial charge is 0.492 e. The zero-order valence-corrected chi connectivity index (χ0v) is 12.9. The zero-order chi connectivity index (χ0) is 14.1. The lowest BCUT2D eigenvalue weighted by Crippen LogP contribution is -2.34. The number of carbonyl (C=O) groups excluding carboxylic acids is 1. The summed E-state index contributed by atoms with van der Waals surface area (Å²) >= 11 is 5.82. The van der Waals surface area contributed by atoms with Gasteiger partial charge in [-0.05, 0) is 18.2 Å². The fourth-order valence-electron chi connectivity index (χ4n) is 1.46. The molecule has 3 N–H and O–H groups in total. The van der Waals surface area contributed by atoms with Gasteiger partial charge in [-0.3, -0.25) is 4.79 Å². The van der Waals surface area contributed by atoms with E-state index < -0.39 is 0 Å². The van der Waals surface area contributed by atoms with E-state index in [0.717, 1.165) is 0 Å². The molecule has 0 spiro atoms. The van der Waals surface area contributed by atoms with Crippen LogP contribution >= 0.6 is 24.0 Å². The van der Waals surface area contributed by atoms with Crippen LogP contribution in [0.4, 0.5) is 0 Å². The molecular formula is C13H20Cl2N2O3. The van der Waals surface area contributed by atoms with Crippen LogP contribution in [0, 0.1) is 0 Å². The fraction of sp³-hybridized carbons (Fsp3) is 0.462. The maximum Gasteiger partial charge on any atom is 0.222 e. The number of hydrogen-bond acceptors (Lipinski definition) is 4. The first-order valence-electron chi connectivity index (χ1n) is 6.03. The number of halogens is 2. The third kappa shape index (κ3) is 7.55. The Bertz CT molecular complexity index is 401. The standard InChI is InChI=1S/C13H19ClN2O3.ClH/c1-18-12(9-15)8-13(17)16-5-6-19-11-4-2-3-10(14)7-11;/h2-4,7,12H,5-6,8-9,15H2,1H3,(H,16,17);1H. The Morgan fingerprint density at radius 2 is 2.25 bits per heavy atom. The zero-order valence-electron chi connectivity index (χ0n) is 11.3. The van der Waals surface area contributed by atoms with Crippen molar-refractivity contribution in [2.75, 3.05) is 26.8 Å². The van der Waals surface area contributed by atoms with Crippen molar-refractivity contribution in [2.45, 2.75) is 12.5 Å². The highest BCUT2D eigenvalue weighted by Crippen LogP contribution is 2.16. The van der Waals surface area contributed by atoms with Crippen molar-refractivity contribution in [2.24, 2.45) is 5.73 Å². The van der Waals surface area contributed by atoms with E-state index in [2.05, 4.69) is 5.32 Å². The van der Waals surface area contributed by atoms with Gasteiger partial charge < -0.3 is 20.5 Å². The van der Waals surface area contributed by atoms with Crippen LogP contribution in [0.25, 0.3) is 0 Å². The van der Waals surface area contributed by atoms with Crippen molar-refractivity contribution in [1.82, 2.24) is 5.32 Å². The van der Waals surface area contributed by atoms with Gasteiger partial charge in [0.15, 0.2) is 0 Å². The summed E-state index contributed by atoms with van der Waals surface area (Å²) in [5, 5.41) is 3.35. The Balaban J connectivity index is 0.00000361. The number of carbonyl (C=O) groups is 1. The molecule has 0 aliphatic heterocycles. The van der Waals surface area contributed by atoms with E-state index >= 15 is 0 Å². The number of hydrogen-bond donors (Lipinski definition) is 2. The number of ether oxygens (including phenoxy) is 2. The molecule has 1 unspecified atom stereocenters. The van der Waals surface area contributed by atoms with Crippen molar-refractivity contribution in [3.05, 3.63) is 29.3 Å². The minimum atomic E-state index is -0.242. The van der Waals surface area contributed by atoms with Gasteiger partial charge in [-0.15, -0.1) is 12.4 Å². The van der Waals surface area contributed by atoms with Gasteiger partial charge in [-0.25, -0.2) is 0 Å². The maximum atomic E-state index is 11.5. The molecule has 1 amide bonds. The van der Waals surface area contributed by atoms with Crippen LogP contribution in [0.3, 0.4) is 0 Å². The molecule has 20 heavy (non-hydrogen) atoms. The fourth-order valence-corrected chi connectivity index (χ4v) is 1.64. The minimum absolute atomic E-state index is 0. The van der Waals surface area contributed by atoms with Crippen molar-refractivity contribution < 1.29 is 14.3 Å². The van der Waals surface area contributed by atoms with E-state index in [0.29, 0.717) is 30.5 Å². The number of nitrogens with two attached hydrogens (primary N) is 1. The molecule has 0 aliphatic rings. The predicted molar refractivity (Wildman–Crippen MR) is 81.7 cm³/mol. The van der Waals surface area contributed by atoms with E-state index in [-0.39, 0.29) is 30.8 Å². The average molecular weight is 323 g/mol. The van der Waals surface area contributed by atoms with Gasteiger partial charge in [-0.2, -0.15) is 0 Å². The highest BCUT2D eigenvalue weighted by atomic mass is 35.5. The molecule has 1 aromatic carbocycles. The van der Waals surface area contributed by atoms with Crippen LogP contribution in [0.15, 0.2) is 24.3 Å². The van der Waals surface area contributed by atoms with Crippen LogP contribution in [-0.2, 0) is 9.53 Å². The molecule has 0 saturated heterocycles. The first-order valence-corrected chi connectivity index (χ1v) is 6.41. The number of methoxy groups -OCH3 is 1. The molecule has 0 aromatic heterocycles. The van der Waals surface area contributed by atoms with E-state index in [1.807, 2.05) is 6.07 Å². The molecule has 0 bridgehead atoms. The highest BCUT2D eigenvalue weighted by molar-refractivity contribution is 6.30. The number of benzene rings is 1. The average Bonchev–Trinajstić information content (AvgIpc) is 2.41. The normalized spacial score (nSPS) is 11.3. The topological polar surface area (TPSA) is 73.6 Å². The Morgan fingerprint density at radius 1 is 1.50 bits per heavy atom. The molecule has 0 radical (unpaired) electrons. The van der Waals surface area contributed by atoms with E-state index in [1.165, 1.54) is 7.11 Å². The molecule has 1 atom stereocenters. The molecule has 0 saturated carbocycles. The first kappa shape index (κ1) is 19.0. The van der Waals surface area contributed by atoms with E-state index in [4.69, 9.17) is 26.8 Å². The SMILES string of the molecule is COC(CN)CC(=O)NCCOc1cccc(Cl)c1.Cl. The smallest absolute Gasteiger partial charge is 0.222 e. The lowest BCUT2D eigenvalue weighted by Gasteiger charge is -2.12. The lowest BCUT2D eigenvalue weighted by atomic mass is 10.2. The molecule has 7 heteroatoms. The summed E-state index contributed by atoms with van der Waals surface area (Å²) in [5.74, 6) is 0.575. The number of nitrogens with one attached hydrogen (secondary N) is 1. The molecule has 0 aliphatic carbocycles. The predicted octanol–water partition coefficient (Wildman–Crippen LogP) is 1.62. The van der Waals surface area contributed by atoms with E-state index in [9.17, 15) is 4.79 Å². The van der Waals surface area contributed by atoms with Crippen molar-refractivity contribution >= 4 is 29.9 Å². The second-order valence-corrected chi connectivity index (χ2v) is 4.39. The van der Waals surface area contributed by atoms with E-state index in [1.54, 1.807) is 18.2 Å². The van der Waals surface area contributed by atoms with Gasteiger partial charge in [0.1, 0.15) is 12.4 Å². The lowest BCUT2D eigenvalue weighted by molar-refractivity contribution is -0.123. The minimum Gasteiger partial charge on any atom is -0.492 e. The molecular weight excluding hydrogens is 303 g/mol. The molecule has 0 heterocycles. The number of rotatable bonds is 8. The molecule has 1 rings (SSSR count). The van der Waals surface area contributed by atoms with Gasteiger partial charge in [0, 0.05) is 18.7 Å². The quantitative estimate of drug-likeness (QED) is 0.713. The molecule has 114 valence electrons. The Morgan fingerprint density at radius 3 is 2.85 bits per heavy atom. The summed E-state index contributed by atoms with van der Waals surface area (Å²) in [6.07, 6.45) is 0.0123. The van der Waals surface area contributed by atoms with Crippen LogP contribution in [0.5, 0.6) is 5.75 Å². The Labute approximate surface area is 130 Å². The second kappa shape index (κ2) is 10.7. The summed E-state index contributed by atoms with van der Waals surface area (Å²) < 4.78 is 10.5. The monoisotopic (exact) mass is 322 g/mol. The summed E-state index contributed by atoms with van der Waals surface area (Å²) in [6.45, 7) is 1.13. The van der Waals surface area contributed by atoms with Crippen LogP contribution < -0.4 is 15.8 Å². The number of amides is 1.